The molecule has 1 fully saturated rings. The van der Waals surface area contributed by atoms with Gasteiger partial charge in [-0.2, -0.15) is 0 Å². The first-order valence-electron chi connectivity index (χ1n) is 5.54. The molecule has 3 nitrogen and oxygen atoms in total. The van der Waals surface area contributed by atoms with Gasteiger partial charge in [0.05, 0.1) is 5.56 Å². The zero-order valence-corrected chi connectivity index (χ0v) is 8.78. The quantitative estimate of drug-likeness (QED) is 0.745. The largest absolute Gasteiger partial charge is 0.352 e. The highest BCUT2D eigenvalue weighted by atomic mass is 16.1. The molecule has 3 heteroatoms. The summed E-state index contributed by atoms with van der Waals surface area (Å²) in [5, 5.41) is 2.90. The van der Waals surface area contributed by atoms with Crippen molar-refractivity contribution in [1.29, 1.82) is 0 Å². The molecule has 1 aliphatic rings. The lowest BCUT2D eigenvalue weighted by molar-refractivity contribution is 0.0952. The lowest BCUT2D eigenvalue weighted by Crippen LogP contribution is -2.24. The van der Waals surface area contributed by atoms with Crippen LogP contribution in [0.25, 0.3) is 0 Å². The number of hydrogen-bond acceptors (Lipinski definition) is 2. The third-order valence-corrected chi connectivity index (χ3v) is 2.70. The summed E-state index contributed by atoms with van der Waals surface area (Å²) in [5.74, 6) is 0.930. The molecule has 0 unspecified atom stereocenters. The molecule has 1 amide bonds. The fourth-order valence-electron chi connectivity index (χ4n) is 1.60. The first-order chi connectivity index (χ1) is 7.36. The minimum absolute atomic E-state index is 0.0149. The van der Waals surface area contributed by atoms with Gasteiger partial charge in [0.2, 0.25) is 0 Å². The Labute approximate surface area is 89.9 Å². The van der Waals surface area contributed by atoms with E-state index in [1.807, 2.05) is 0 Å². The Morgan fingerprint density at radius 2 is 2.40 bits per heavy atom. The number of rotatable bonds is 5. The second-order valence-corrected chi connectivity index (χ2v) is 4.08. The van der Waals surface area contributed by atoms with Crippen LogP contribution in [0.2, 0.25) is 0 Å². The summed E-state index contributed by atoms with van der Waals surface area (Å²) in [6, 6.07) is 3.56. The third-order valence-electron chi connectivity index (χ3n) is 2.70. The number of nitrogens with zero attached hydrogens (tertiary/aromatic N) is 1. The van der Waals surface area contributed by atoms with Crippen LogP contribution in [0.4, 0.5) is 0 Å². The Kier molecular flexibility index (Phi) is 3.33. The zero-order chi connectivity index (χ0) is 10.5. The fourth-order valence-corrected chi connectivity index (χ4v) is 1.60. The Bertz CT molecular complexity index is 320. The van der Waals surface area contributed by atoms with Crippen molar-refractivity contribution in [3.8, 4) is 0 Å². The van der Waals surface area contributed by atoms with Gasteiger partial charge in [0, 0.05) is 18.9 Å². The van der Waals surface area contributed by atoms with E-state index in [0.29, 0.717) is 5.56 Å². The number of amides is 1. The molecule has 1 aromatic rings. The summed E-state index contributed by atoms with van der Waals surface area (Å²) in [6.45, 7) is 0.782. The van der Waals surface area contributed by atoms with E-state index in [1.165, 1.54) is 19.3 Å². The van der Waals surface area contributed by atoms with Crippen molar-refractivity contribution in [2.24, 2.45) is 5.92 Å². The van der Waals surface area contributed by atoms with Crippen molar-refractivity contribution in [2.45, 2.75) is 25.7 Å². The zero-order valence-electron chi connectivity index (χ0n) is 8.78. The minimum Gasteiger partial charge on any atom is -0.352 e. The molecule has 1 aromatic heterocycles. The minimum atomic E-state index is -0.0149. The van der Waals surface area contributed by atoms with Crippen LogP contribution in [0.1, 0.15) is 36.0 Å². The monoisotopic (exact) mass is 204 g/mol. The molecule has 0 aliphatic heterocycles. The number of aromatic nitrogens is 1. The van der Waals surface area contributed by atoms with Gasteiger partial charge in [-0.25, -0.2) is 0 Å². The van der Waals surface area contributed by atoms with Gasteiger partial charge in [-0.15, -0.1) is 0 Å². The average Bonchev–Trinajstić information content (AvgIpc) is 3.09. The summed E-state index contributed by atoms with van der Waals surface area (Å²) in [5.41, 5.74) is 0.643. The van der Waals surface area contributed by atoms with Crippen molar-refractivity contribution < 1.29 is 4.79 Å². The molecular weight excluding hydrogens is 188 g/mol. The van der Waals surface area contributed by atoms with Gasteiger partial charge >= 0.3 is 0 Å². The third kappa shape index (κ3) is 3.35. The number of carbonyl (C=O) groups is 1. The predicted molar refractivity (Wildman–Crippen MR) is 58.5 cm³/mol. The number of hydrogen-bond donors (Lipinski definition) is 1. The Morgan fingerprint density at radius 3 is 3.07 bits per heavy atom. The molecule has 0 spiro atoms. The first-order valence-corrected chi connectivity index (χ1v) is 5.54. The smallest absolute Gasteiger partial charge is 0.252 e. The summed E-state index contributed by atoms with van der Waals surface area (Å²) in [6.07, 6.45) is 8.39. The van der Waals surface area contributed by atoms with Gasteiger partial charge in [0.25, 0.3) is 5.91 Å². The van der Waals surface area contributed by atoms with E-state index in [2.05, 4.69) is 10.3 Å². The van der Waals surface area contributed by atoms with Gasteiger partial charge in [0.1, 0.15) is 0 Å². The molecule has 0 bridgehead atoms. The molecule has 2 rings (SSSR count). The maximum Gasteiger partial charge on any atom is 0.252 e. The molecule has 15 heavy (non-hydrogen) atoms. The summed E-state index contributed by atoms with van der Waals surface area (Å²) < 4.78 is 0. The fraction of sp³-hybridized carbons (Fsp3) is 0.500. The Balaban J connectivity index is 1.67. The van der Waals surface area contributed by atoms with Crippen molar-refractivity contribution in [3.05, 3.63) is 30.1 Å². The average molecular weight is 204 g/mol. The van der Waals surface area contributed by atoms with E-state index >= 15 is 0 Å². The van der Waals surface area contributed by atoms with Crippen LogP contribution in [-0.4, -0.2) is 17.4 Å². The number of carbonyl (C=O) groups excluding carboxylic acids is 1. The molecule has 0 atom stereocenters. The molecular formula is C12H16N2O. The SMILES string of the molecule is O=C(NCCCC1CC1)c1cccnc1. The normalized spacial score (nSPS) is 14.9. The molecule has 0 radical (unpaired) electrons. The first kappa shape index (κ1) is 10.1. The van der Waals surface area contributed by atoms with E-state index in [0.717, 1.165) is 18.9 Å². The van der Waals surface area contributed by atoms with Gasteiger partial charge in [0.15, 0.2) is 0 Å². The Morgan fingerprint density at radius 1 is 1.53 bits per heavy atom. The molecule has 1 saturated carbocycles. The van der Waals surface area contributed by atoms with Crippen molar-refractivity contribution >= 4 is 5.91 Å². The van der Waals surface area contributed by atoms with Crippen LogP contribution >= 0.6 is 0 Å². The standard InChI is InChI=1S/C12H16N2O/c15-12(11-4-2-7-13-9-11)14-8-1-3-10-5-6-10/h2,4,7,9-10H,1,3,5-6,8H2,(H,14,15). The maximum atomic E-state index is 11.6. The second-order valence-electron chi connectivity index (χ2n) is 4.08. The molecule has 0 aromatic carbocycles. The highest BCUT2D eigenvalue weighted by molar-refractivity contribution is 5.93. The van der Waals surface area contributed by atoms with Crippen LogP contribution in [0.15, 0.2) is 24.5 Å². The van der Waals surface area contributed by atoms with E-state index < -0.39 is 0 Å². The molecule has 1 heterocycles. The highest BCUT2D eigenvalue weighted by Crippen LogP contribution is 2.33. The number of pyridine rings is 1. The van der Waals surface area contributed by atoms with E-state index in [-0.39, 0.29) is 5.91 Å². The highest BCUT2D eigenvalue weighted by Gasteiger charge is 2.20. The second kappa shape index (κ2) is 4.91. The molecule has 0 saturated heterocycles. The van der Waals surface area contributed by atoms with Crippen molar-refractivity contribution in [3.63, 3.8) is 0 Å². The molecule has 80 valence electrons. The van der Waals surface area contributed by atoms with Crippen LogP contribution in [0, 0.1) is 5.92 Å². The van der Waals surface area contributed by atoms with Crippen molar-refractivity contribution in [2.75, 3.05) is 6.54 Å². The van der Waals surface area contributed by atoms with E-state index in [9.17, 15) is 4.79 Å². The van der Waals surface area contributed by atoms with Crippen molar-refractivity contribution in [1.82, 2.24) is 10.3 Å². The van der Waals surface area contributed by atoms with Crippen LogP contribution < -0.4 is 5.32 Å². The van der Waals surface area contributed by atoms with Crippen LogP contribution in [0.5, 0.6) is 0 Å². The van der Waals surface area contributed by atoms with Gasteiger partial charge in [-0.1, -0.05) is 12.8 Å². The lowest BCUT2D eigenvalue weighted by atomic mass is 10.2. The maximum absolute atomic E-state index is 11.6. The van der Waals surface area contributed by atoms with Crippen LogP contribution in [0.3, 0.4) is 0 Å². The topological polar surface area (TPSA) is 42.0 Å². The van der Waals surface area contributed by atoms with Gasteiger partial charge in [-0.05, 0) is 30.9 Å². The van der Waals surface area contributed by atoms with E-state index in [4.69, 9.17) is 0 Å². The van der Waals surface area contributed by atoms with E-state index in [1.54, 1.807) is 24.5 Å². The summed E-state index contributed by atoms with van der Waals surface area (Å²) in [7, 11) is 0. The summed E-state index contributed by atoms with van der Waals surface area (Å²) >= 11 is 0. The molecule has 1 N–H and O–H groups in total. The summed E-state index contributed by atoms with van der Waals surface area (Å²) in [4.78, 5) is 15.5. The van der Waals surface area contributed by atoms with Gasteiger partial charge in [-0.3, -0.25) is 9.78 Å². The van der Waals surface area contributed by atoms with Crippen LogP contribution in [-0.2, 0) is 0 Å². The lowest BCUT2D eigenvalue weighted by Gasteiger charge is -2.03. The predicted octanol–water partition coefficient (Wildman–Crippen LogP) is 2.00. The molecule has 1 aliphatic carbocycles. The Hall–Kier alpha value is -1.38. The van der Waals surface area contributed by atoms with Gasteiger partial charge < -0.3 is 5.32 Å². The number of nitrogens with one attached hydrogen (secondary N) is 1.